The zero-order valence-electron chi connectivity index (χ0n) is 13.5. The van der Waals surface area contributed by atoms with Crippen molar-refractivity contribution >= 4 is 0 Å². The minimum absolute atomic E-state index is 0.315. The standard InChI is InChI=1S/C15H27NO7/c1-6-11(18)8(5-17)4-9(12(6)19)16-10-7(2)23-15(22-3)14(21)13(10)20/h4,6-7,9-21H,5H2,1-3H3/t6?,7-,9?,10+,11+,12-,13+,14?,15?/m1/s1. The van der Waals surface area contributed by atoms with Gasteiger partial charge < -0.3 is 40.3 Å². The van der Waals surface area contributed by atoms with Crippen molar-refractivity contribution in [3.8, 4) is 0 Å². The van der Waals surface area contributed by atoms with E-state index in [0.29, 0.717) is 5.57 Å². The van der Waals surface area contributed by atoms with Gasteiger partial charge in [0, 0.05) is 13.0 Å². The Morgan fingerprint density at radius 1 is 1.13 bits per heavy atom. The van der Waals surface area contributed by atoms with Crippen molar-refractivity contribution in [2.45, 2.75) is 62.7 Å². The molecular weight excluding hydrogens is 306 g/mol. The lowest BCUT2D eigenvalue weighted by Gasteiger charge is -2.44. The molecule has 23 heavy (non-hydrogen) atoms. The summed E-state index contributed by atoms with van der Waals surface area (Å²) in [6.45, 7) is 3.09. The first-order valence-electron chi connectivity index (χ1n) is 7.79. The molecular formula is C15H27NO7. The van der Waals surface area contributed by atoms with Crippen LogP contribution in [0.1, 0.15) is 13.8 Å². The molecule has 1 heterocycles. The van der Waals surface area contributed by atoms with Gasteiger partial charge >= 0.3 is 0 Å². The number of aliphatic hydroxyl groups excluding tert-OH is 5. The Labute approximate surface area is 135 Å². The molecule has 0 aromatic rings. The van der Waals surface area contributed by atoms with Crippen LogP contribution >= 0.6 is 0 Å². The maximum atomic E-state index is 10.3. The van der Waals surface area contributed by atoms with Gasteiger partial charge in [0.1, 0.15) is 12.2 Å². The van der Waals surface area contributed by atoms with Gasteiger partial charge in [-0.15, -0.1) is 0 Å². The van der Waals surface area contributed by atoms with Crippen LogP contribution in [0.4, 0.5) is 0 Å². The highest BCUT2D eigenvalue weighted by Gasteiger charge is 2.45. The monoisotopic (exact) mass is 333 g/mol. The molecule has 0 radical (unpaired) electrons. The maximum absolute atomic E-state index is 10.3. The fourth-order valence-corrected chi connectivity index (χ4v) is 3.25. The highest BCUT2D eigenvalue weighted by molar-refractivity contribution is 5.21. The number of methoxy groups -OCH3 is 1. The van der Waals surface area contributed by atoms with E-state index in [9.17, 15) is 25.5 Å². The van der Waals surface area contributed by atoms with Crippen molar-refractivity contribution < 1.29 is 35.0 Å². The number of rotatable bonds is 4. The van der Waals surface area contributed by atoms with E-state index in [2.05, 4.69) is 5.32 Å². The molecule has 0 saturated carbocycles. The molecule has 0 aromatic heterocycles. The van der Waals surface area contributed by atoms with Crippen LogP contribution in [-0.4, -0.2) is 88.1 Å². The summed E-state index contributed by atoms with van der Waals surface area (Å²) in [4.78, 5) is 0. The first kappa shape index (κ1) is 18.8. The first-order chi connectivity index (χ1) is 10.8. The maximum Gasteiger partial charge on any atom is 0.186 e. The van der Waals surface area contributed by atoms with Gasteiger partial charge in [0.2, 0.25) is 0 Å². The van der Waals surface area contributed by atoms with E-state index >= 15 is 0 Å². The quantitative estimate of drug-likeness (QED) is 0.317. The molecule has 4 unspecified atom stereocenters. The molecule has 134 valence electrons. The Morgan fingerprint density at radius 3 is 2.35 bits per heavy atom. The SMILES string of the molecule is COC1O[C@H](C)[C@H](NC2C=C(CO)[C@@H](O)C(C)[C@H]2O)[C@H](O)C1O. The van der Waals surface area contributed by atoms with Gasteiger partial charge in [-0.05, 0) is 12.5 Å². The molecule has 1 fully saturated rings. The first-order valence-corrected chi connectivity index (χ1v) is 7.79. The molecule has 0 spiro atoms. The van der Waals surface area contributed by atoms with Gasteiger partial charge in [0.25, 0.3) is 0 Å². The Kier molecular flexibility index (Phi) is 6.15. The second-order valence-electron chi connectivity index (χ2n) is 6.34. The summed E-state index contributed by atoms with van der Waals surface area (Å²) in [6.07, 6.45) is -4.03. The van der Waals surface area contributed by atoms with Gasteiger partial charge in [0.15, 0.2) is 6.29 Å². The molecule has 2 aliphatic rings. The normalized spacial score (nSPS) is 48.2. The van der Waals surface area contributed by atoms with E-state index < -0.39 is 54.8 Å². The van der Waals surface area contributed by atoms with Crippen molar-refractivity contribution in [2.24, 2.45) is 5.92 Å². The Hall–Kier alpha value is -0.580. The van der Waals surface area contributed by atoms with Crippen LogP contribution in [0.25, 0.3) is 0 Å². The zero-order chi connectivity index (χ0) is 17.3. The lowest BCUT2D eigenvalue weighted by molar-refractivity contribution is -0.264. The largest absolute Gasteiger partial charge is 0.392 e. The second kappa shape index (κ2) is 7.54. The fourth-order valence-electron chi connectivity index (χ4n) is 3.25. The van der Waals surface area contributed by atoms with Crippen LogP contribution in [0.2, 0.25) is 0 Å². The number of ether oxygens (including phenoxy) is 2. The van der Waals surface area contributed by atoms with Crippen LogP contribution < -0.4 is 5.32 Å². The number of hydrogen-bond acceptors (Lipinski definition) is 8. The summed E-state index contributed by atoms with van der Waals surface area (Å²) in [6, 6.07) is -1.23. The van der Waals surface area contributed by atoms with Gasteiger partial charge in [-0.1, -0.05) is 13.0 Å². The molecule has 2 rings (SSSR count). The molecule has 1 aliphatic carbocycles. The molecule has 1 aliphatic heterocycles. The van der Waals surface area contributed by atoms with Crippen LogP contribution in [0.5, 0.6) is 0 Å². The van der Waals surface area contributed by atoms with E-state index in [4.69, 9.17) is 9.47 Å². The molecule has 1 saturated heterocycles. The predicted molar refractivity (Wildman–Crippen MR) is 80.4 cm³/mol. The zero-order valence-corrected chi connectivity index (χ0v) is 13.5. The van der Waals surface area contributed by atoms with Crippen LogP contribution in [0.15, 0.2) is 11.6 Å². The van der Waals surface area contributed by atoms with E-state index in [0.717, 1.165) is 0 Å². The third kappa shape index (κ3) is 3.59. The van der Waals surface area contributed by atoms with Gasteiger partial charge in [-0.25, -0.2) is 0 Å². The van der Waals surface area contributed by atoms with E-state index in [-0.39, 0.29) is 6.61 Å². The average molecular weight is 333 g/mol. The Bertz CT molecular complexity index is 432. The predicted octanol–water partition coefficient (Wildman–Crippen LogP) is -2.28. The highest BCUT2D eigenvalue weighted by atomic mass is 16.7. The van der Waals surface area contributed by atoms with Crippen molar-refractivity contribution in [1.29, 1.82) is 0 Å². The molecule has 0 amide bonds. The summed E-state index contributed by atoms with van der Waals surface area (Å²) in [5.41, 5.74) is 0.412. The smallest absolute Gasteiger partial charge is 0.186 e. The number of aliphatic hydroxyl groups is 5. The minimum atomic E-state index is -1.22. The van der Waals surface area contributed by atoms with E-state index in [1.165, 1.54) is 7.11 Å². The van der Waals surface area contributed by atoms with Crippen LogP contribution in [-0.2, 0) is 9.47 Å². The van der Waals surface area contributed by atoms with Crippen molar-refractivity contribution in [3.63, 3.8) is 0 Å². The summed E-state index contributed by atoms with van der Waals surface area (Å²) in [7, 11) is 1.38. The van der Waals surface area contributed by atoms with Crippen LogP contribution in [0, 0.1) is 5.92 Å². The molecule has 0 aromatic carbocycles. The Balaban J connectivity index is 2.15. The third-order valence-corrected chi connectivity index (χ3v) is 4.83. The highest BCUT2D eigenvalue weighted by Crippen LogP contribution is 2.28. The van der Waals surface area contributed by atoms with E-state index in [1.54, 1.807) is 19.9 Å². The van der Waals surface area contributed by atoms with Gasteiger partial charge in [0.05, 0.1) is 37.0 Å². The van der Waals surface area contributed by atoms with Crippen molar-refractivity contribution in [1.82, 2.24) is 5.32 Å². The summed E-state index contributed by atoms with van der Waals surface area (Å²) in [5, 5.41) is 53.0. The van der Waals surface area contributed by atoms with Crippen LogP contribution in [0.3, 0.4) is 0 Å². The summed E-state index contributed by atoms with van der Waals surface area (Å²) in [5.74, 6) is -0.478. The molecule has 0 bridgehead atoms. The molecule has 8 heteroatoms. The lowest BCUT2D eigenvalue weighted by atomic mass is 9.81. The second-order valence-corrected chi connectivity index (χ2v) is 6.34. The van der Waals surface area contributed by atoms with E-state index in [1.807, 2.05) is 0 Å². The fraction of sp³-hybridized carbons (Fsp3) is 0.867. The molecule has 9 atom stereocenters. The van der Waals surface area contributed by atoms with Gasteiger partial charge in [-0.3, -0.25) is 0 Å². The lowest BCUT2D eigenvalue weighted by Crippen LogP contribution is -2.65. The average Bonchev–Trinajstić information content (AvgIpc) is 2.54. The van der Waals surface area contributed by atoms with Gasteiger partial charge in [-0.2, -0.15) is 0 Å². The minimum Gasteiger partial charge on any atom is -0.392 e. The van der Waals surface area contributed by atoms with Crippen molar-refractivity contribution in [3.05, 3.63) is 11.6 Å². The Morgan fingerprint density at radius 2 is 1.78 bits per heavy atom. The van der Waals surface area contributed by atoms with Crippen molar-refractivity contribution in [2.75, 3.05) is 13.7 Å². The number of nitrogens with one attached hydrogen (secondary N) is 1. The molecule has 6 N–H and O–H groups in total. The summed E-state index contributed by atoms with van der Waals surface area (Å²) < 4.78 is 10.5. The topological polar surface area (TPSA) is 132 Å². The number of hydrogen-bond donors (Lipinski definition) is 6. The third-order valence-electron chi connectivity index (χ3n) is 4.83. The summed E-state index contributed by atoms with van der Waals surface area (Å²) >= 11 is 0. The molecule has 8 nitrogen and oxygen atoms in total.